The van der Waals surface area contributed by atoms with Crippen LogP contribution in [0.1, 0.15) is 13.8 Å². The van der Waals surface area contributed by atoms with E-state index in [2.05, 4.69) is 4.99 Å². The minimum atomic E-state index is -0.190. The van der Waals surface area contributed by atoms with Crippen LogP contribution in [0.5, 0.6) is 0 Å². The van der Waals surface area contributed by atoms with E-state index in [1.54, 1.807) is 0 Å². The van der Waals surface area contributed by atoms with E-state index in [1.807, 2.05) is 29.7 Å². The zero-order chi connectivity index (χ0) is 11.7. The van der Waals surface area contributed by atoms with Gasteiger partial charge in [-0.3, -0.25) is 4.79 Å². The Morgan fingerprint density at radius 2 is 2.31 bits per heavy atom. The van der Waals surface area contributed by atoms with Crippen molar-refractivity contribution in [2.75, 3.05) is 0 Å². The average Bonchev–Trinajstić information content (AvgIpc) is 2.55. The molecule has 0 saturated carbocycles. The predicted octanol–water partition coefficient (Wildman–Crippen LogP) is 2.82. The van der Waals surface area contributed by atoms with E-state index < -0.39 is 0 Å². The number of carbonyl (C=O) groups excluding carboxylic acids is 1. The molecule has 1 aromatic heterocycles. The number of hydrogen-bond acceptors (Lipinski definition) is 2. The van der Waals surface area contributed by atoms with Crippen LogP contribution in [0.4, 0.5) is 0 Å². The highest BCUT2D eigenvalue weighted by Gasteiger charge is 2.08. The van der Waals surface area contributed by atoms with E-state index in [4.69, 9.17) is 11.6 Å². The Bertz CT molecular complexity index is 612. The fraction of sp³-hybridized carbons (Fsp3) is 0.273. The number of benzene rings is 1. The third-order valence-corrected chi connectivity index (χ3v) is 3.57. The highest BCUT2D eigenvalue weighted by atomic mass is 35.5. The highest BCUT2D eigenvalue weighted by Crippen LogP contribution is 2.25. The van der Waals surface area contributed by atoms with Gasteiger partial charge in [0.25, 0.3) is 0 Å². The number of carbonyl (C=O) groups is 1. The van der Waals surface area contributed by atoms with Gasteiger partial charge >= 0.3 is 0 Å². The molecule has 0 N–H and O–H groups in total. The average molecular weight is 255 g/mol. The minimum Gasteiger partial charge on any atom is -0.315 e. The van der Waals surface area contributed by atoms with Gasteiger partial charge in [-0.15, -0.1) is 0 Å². The van der Waals surface area contributed by atoms with Crippen molar-refractivity contribution in [1.29, 1.82) is 0 Å². The number of fused-ring (bicyclic) bond motifs is 1. The van der Waals surface area contributed by atoms with Gasteiger partial charge in [0, 0.05) is 13.5 Å². The fourth-order valence-electron chi connectivity index (χ4n) is 1.60. The summed E-state index contributed by atoms with van der Waals surface area (Å²) in [6, 6.07) is 5.73. The van der Waals surface area contributed by atoms with Crippen molar-refractivity contribution in [3.63, 3.8) is 0 Å². The number of aromatic nitrogens is 1. The summed E-state index contributed by atoms with van der Waals surface area (Å²) >= 11 is 7.63. The van der Waals surface area contributed by atoms with E-state index in [1.165, 1.54) is 18.3 Å². The number of para-hydroxylation sites is 1. The quantitative estimate of drug-likeness (QED) is 0.771. The number of hydrogen-bond donors (Lipinski definition) is 0. The van der Waals surface area contributed by atoms with Crippen molar-refractivity contribution in [2.24, 2.45) is 4.99 Å². The molecule has 0 aliphatic heterocycles. The van der Waals surface area contributed by atoms with E-state index in [-0.39, 0.29) is 5.91 Å². The van der Waals surface area contributed by atoms with Crippen molar-refractivity contribution < 1.29 is 4.79 Å². The molecule has 0 radical (unpaired) electrons. The van der Waals surface area contributed by atoms with Crippen LogP contribution in [-0.2, 0) is 11.3 Å². The van der Waals surface area contributed by atoms with Crippen molar-refractivity contribution in [1.82, 2.24) is 4.57 Å². The lowest BCUT2D eigenvalue weighted by molar-refractivity contribution is -0.116. The number of nitrogens with zero attached hydrogens (tertiary/aromatic N) is 2. The molecule has 0 atom stereocenters. The molecule has 5 heteroatoms. The fourth-order valence-corrected chi connectivity index (χ4v) is 3.10. The van der Waals surface area contributed by atoms with Gasteiger partial charge in [0.15, 0.2) is 4.80 Å². The first-order chi connectivity index (χ1) is 7.63. The molecule has 1 amide bonds. The van der Waals surface area contributed by atoms with Gasteiger partial charge in [-0.25, -0.2) is 0 Å². The molecule has 0 saturated heterocycles. The van der Waals surface area contributed by atoms with Gasteiger partial charge in [0.2, 0.25) is 5.91 Å². The van der Waals surface area contributed by atoms with E-state index in [0.717, 1.165) is 16.8 Å². The molecule has 0 bridgehead atoms. The minimum absolute atomic E-state index is 0.190. The molecule has 0 fully saturated rings. The molecule has 1 heterocycles. The van der Waals surface area contributed by atoms with Crippen LogP contribution in [0.2, 0.25) is 5.02 Å². The summed E-state index contributed by atoms with van der Waals surface area (Å²) in [5.41, 5.74) is 0.955. The second-order valence-electron chi connectivity index (χ2n) is 3.35. The molecule has 1 aromatic carbocycles. The topological polar surface area (TPSA) is 34.4 Å². The number of rotatable bonds is 1. The predicted molar refractivity (Wildman–Crippen MR) is 66.7 cm³/mol. The van der Waals surface area contributed by atoms with Gasteiger partial charge in [-0.2, -0.15) is 4.99 Å². The molecule has 16 heavy (non-hydrogen) atoms. The van der Waals surface area contributed by atoms with Gasteiger partial charge in [0.05, 0.1) is 15.2 Å². The maximum absolute atomic E-state index is 11.0. The van der Waals surface area contributed by atoms with Crippen LogP contribution in [0.3, 0.4) is 0 Å². The molecule has 0 unspecified atom stereocenters. The third kappa shape index (κ3) is 1.90. The van der Waals surface area contributed by atoms with Gasteiger partial charge in [-0.1, -0.05) is 29.0 Å². The number of halogens is 1. The Morgan fingerprint density at radius 3 is 2.94 bits per heavy atom. The molecule has 2 rings (SSSR count). The second-order valence-corrected chi connectivity index (χ2v) is 4.76. The molecule has 0 spiro atoms. The number of amides is 1. The second kappa shape index (κ2) is 4.39. The first-order valence-corrected chi connectivity index (χ1v) is 6.16. The first-order valence-electron chi connectivity index (χ1n) is 4.96. The standard InChI is InChI=1S/C11H11ClN2OS/c1-3-14-10-8(12)5-4-6-9(10)16-11(14)13-7(2)15/h4-6H,3H2,1-2H3. The molecular formula is C11H11ClN2OS. The van der Waals surface area contributed by atoms with Crippen LogP contribution in [-0.4, -0.2) is 10.5 Å². The zero-order valence-corrected chi connectivity index (χ0v) is 10.6. The van der Waals surface area contributed by atoms with Gasteiger partial charge in [-0.05, 0) is 19.1 Å². The number of aryl methyl sites for hydroxylation is 1. The molecule has 0 aliphatic carbocycles. The maximum Gasteiger partial charge on any atom is 0.245 e. The Hall–Kier alpha value is -1.13. The summed E-state index contributed by atoms with van der Waals surface area (Å²) < 4.78 is 3.01. The molecule has 0 aliphatic rings. The lowest BCUT2D eigenvalue weighted by Gasteiger charge is -2.01. The van der Waals surface area contributed by atoms with Crippen LogP contribution >= 0.6 is 22.9 Å². The lowest BCUT2D eigenvalue weighted by Crippen LogP contribution is -2.14. The summed E-state index contributed by atoms with van der Waals surface area (Å²) in [5.74, 6) is -0.190. The number of thiazole rings is 1. The van der Waals surface area contributed by atoms with Crippen LogP contribution < -0.4 is 4.80 Å². The zero-order valence-electron chi connectivity index (χ0n) is 9.03. The van der Waals surface area contributed by atoms with Crippen molar-refractivity contribution in [2.45, 2.75) is 20.4 Å². The van der Waals surface area contributed by atoms with Crippen LogP contribution in [0, 0.1) is 0 Å². The molecule has 2 aromatic rings. The summed E-state index contributed by atoms with van der Waals surface area (Å²) in [4.78, 5) is 15.7. The lowest BCUT2D eigenvalue weighted by atomic mass is 10.3. The van der Waals surface area contributed by atoms with Crippen molar-refractivity contribution >= 4 is 39.1 Å². The third-order valence-electron chi connectivity index (χ3n) is 2.22. The summed E-state index contributed by atoms with van der Waals surface area (Å²) in [6.45, 7) is 4.20. The summed E-state index contributed by atoms with van der Waals surface area (Å²) in [7, 11) is 0. The maximum atomic E-state index is 11.0. The molecule has 3 nitrogen and oxygen atoms in total. The largest absolute Gasteiger partial charge is 0.315 e. The summed E-state index contributed by atoms with van der Waals surface area (Å²) in [5, 5.41) is 0.695. The Balaban J connectivity index is 2.88. The molecular weight excluding hydrogens is 244 g/mol. The highest BCUT2D eigenvalue weighted by molar-refractivity contribution is 7.16. The smallest absolute Gasteiger partial charge is 0.245 e. The Morgan fingerprint density at radius 1 is 1.56 bits per heavy atom. The Kier molecular flexibility index (Phi) is 3.12. The van der Waals surface area contributed by atoms with E-state index in [0.29, 0.717) is 9.82 Å². The first kappa shape index (κ1) is 11.4. The van der Waals surface area contributed by atoms with Gasteiger partial charge < -0.3 is 4.57 Å². The van der Waals surface area contributed by atoms with Crippen molar-refractivity contribution in [3.05, 3.63) is 28.0 Å². The Labute approximate surface area is 102 Å². The summed E-state index contributed by atoms with van der Waals surface area (Å²) in [6.07, 6.45) is 0. The SMILES string of the molecule is CCn1c(=NC(C)=O)sc2cccc(Cl)c21. The van der Waals surface area contributed by atoms with E-state index in [9.17, 15) is 4.79 Å². The van der Waals surface area contributed by atoms with Crippen molar-refractivity contribution in [3.8, 4) is 0 Å². The van der Waals surface area contributed by atoms with Crippen LogP contribution in [0.15, 0.2) is 23.2 Å². The van der Waals surface area contributed by atoms with E-state index >= 15 is 0 Å². The molecule has 84 valence electrons. The van der Waals surface area contributed by atoms with Crippen LogP contribution in [0.25, 0.3) is 10.2 Å². The van der Waals surface area contributed by atoms with Gasteiger partial charge in [0.1, 0.15) is 0 Å². The monoisotopic (exact) mass is 254 g/mol. The normalized spacial score (nSPS) is 12.3.